The summed E-state index contributed by atoms with van der Waals surface area (Å²) in [6, 6.07) is 2.46. The highest BCUT2D eigenvalue weighted by Gasteiger charge is 2.36. The number of nitrogens with zero attached hydrogens (tertiary/aromatic N) is 2. The summed E-state index contributed by atoms with van der Waals surface area (Å²) in [5.41, 5.74) is 6.16. The molecule has 0 saturated carbocycles. The van der Waals surface area contributed by atoms with Crippen molar-refractivity contribution in [1.29, 1.82) is 0 Å². The third-order valence-electron chi connectivity index (χ3n) is 3.40. The molecule has 0 aromatic carbocycles. The molecule has 1 aliphatic rings. The normalized spacial score (nSPS) is 22.2. The zero-order valence-corrected chi connectivity index (χ0v) is 12.7. The molecule has 7 nitrogen and oxygen atoms in total. The first-order valence-electron chi connectivity index (χ1n) is 6.10. The van der Waals surface area contributed by atoms with Gasteiger partial charge in [-0.3, -0.25) is 0 Å². The fourth-order valence-electron chi connectivity index (χ4n) is 2.09. The van der Waals surface area contributed by atoms with Gasteiger partial charge in [0.25, 0.3) is 10.0 Å². The second-order valence-electron chi connectivity index (χ2n) is 4.79. The Morgan fingerprint density at radius 2 is 2.15 bits per heavy atom. The van der Waals surface area contributed by atoms with Gasteiger partial charge < -0.3 is 5.73 Å². The smallest absolute Gasteiger partial charge is 0.260 e. The maximum absolute atomic E-state index is 12.4. The average molecular weight is 319 g/mol. The summed E-state index contributed by atoms with van der Waals surface area (Å²) in [5, 5.41) is -0.0958. The van der Waals surface area contributed by atoms with E-state index in [2.05, 4.69) is 4.98 Å². The van der Waals surface area contributed by atoms with Gasteiger partial charge >= 0.3 is 0 Å². The van der Waals surface area contributed by atoms with E-state index in [1.165, 1.54) is 19.3 Å². The van der Waals surface area contributed by atoms with Gasteiger partial charge in [-0.15, -0.1) is 0 Å². The number of rotatable bonds is 4. The first kappa shape index (κ1) is 15.4. The van der Waals surface area contributed by atoms with Crippen molar-refractivity contribution in [2.24, 2.45) is 5.73 Å². The zero-order chi connectivity index (χ0) is 15.0. The Hall–Kier alpha value is -1.03. The largest absolute Gasteiger partial charge is 0.326 e. The van der Waals surface area contributed by atoms with E-state index in [4.69, 9.17) is 5.73 Å². The van der Waals surface area contributed by atoms with Crippen molar-refractivity contribution in [3.8, 4) is 0 Å². The number of hydrogen-bond acceptors (Lipinski definition) is 6. The molecule has 1 fully saturated rings. The monoisotopic (exact) mass is 319 g/mol. The van der Waals surface area contributed by atoms with Crippen LogP contribution >= 0.6 is 0 Å². The molecule has 112 valence electrons. The van der Waals surface area contributed by atoms with Crippen molar-refractivity contribution in [2.75, 3.05) is 18.6 Å². The van der Waals surface area contributed by atoms with E-state index in [0.717, 1.165) is 9.87 Å². The predicted octanol–water partition coefficient (Wildman–Crippen LogP) is -0.652. The van der Waals surface area contributed by atoms with Crippen LogP contribution in [0.25, 0.3) is 0 Å². The number of sulfone groups is 1. The summed E-state index contributed by atoms with van der Waals surface area (Å²) in [6.45, 7) is 0.282. The molecule has 2 rings (SSSR count). The first-order valence-corrected chi connectivity index (χ1v) is 9.36. The van der Waals surface area contributed by atoms with Crippen LogP contribution in [0.3, 0.4) is 0 Å². The molecule has 1 unspecified atom stereocenters. The van der Waals surface area contributed by atoms with E-state index in [9.17, 15) is 16.8 Å². The molecule has 0 radical (unpaired) electrons. The number of nitrogens with two attached hydrogens (primary N) is 1. The molecule has 1 saturated heterocycles. The third kappa shape index (κ3) is 3.00. The summed E-state index contributed by atoms with van der Waals surface area (Å²) < 4.78 is 48.7. The van der Waals surface area contributed by atoms with Gasteiger partial charge in [-0.05, 0) is 18.1 Å². The highest BCUT2D eigenvalue weighted by atomic mass is 32.2. The van der Waals surface area contributed by atoms with Gasteiger partial charge in [0.1, 0.15) is 0 Å². The van der Waals surface area contributed by atoms with Crippen molar-refractivity contribution >= 4 is 19.9 Å². The second-order valence-corrected chi connectivity index (χ2v) is 8.96. The van der Waals surface area contributed by atoms with E-state index < -0.39 is 25.9 Å². The summed E-state index contributed by atoms with van der Waals surface area (Å²) >= 11 is 0. The van der Waals surface area contributed by atoms with Crippen molar-refractivity contribution in [2.45, 2.75) is 24.0 Å². The molecule has 1 aromatic heterocycles. The van der Waals surface area contributed by atoms with Gasteiger partial charge in [-0.25, -0.2) is 21.8 Å². The minimum Gasteiger partial charge on any atom is -0.326 e. The van der Waals surface area contributed by atoms with Crippen LogP contribution in [0.2, 0.25) is 0 Å². The van der Waals surface area contributed by atoms with Crippen LogP contribution in [-0.4, -0.2) is 50.7 Å². The molecular formula is C11H17N3O4S2. The zero-order valence-electron chi connectivity index (χ0n) is 11.1. The lowest BCUT2D eigenvalue weighted by Gasteiger charge is -2.22. The van der Waals surface area contributed by atoms with Crippen molar-refractivity contribution in [1.82, 2.24) is 9.29 Å². The lowest BCUT2D eigenvalue weighted by molar-refractivity contribution is 0.392. The van der Waals surface area contributed by atoms with Crippen molar-refractivity contribution in [3.63, 3.8) is 0 Å². The Morgan fingerprint density at radius 3 is 2.60 bits per heavy atom. The second kappa shape index (κ2) is 5.40. The standard InChI is InChI=1S/C11H17N3O4S2/c1-14(10-4-5-19(15,16)8-10)20(17,18)11-3-2-9(6-12)7-13-11/h2-3,7,10H,4-6,8,12H2,1H3. The lowest BCUT2D eigenvalue weighted by Crippen LogP contribution is -2.38. The maximum atomic E-state index is 12.4. The van der Waals surface area contributed by atoms with E-state index >= 15 is 0 Å². The number of aromatic nitrogens is 1. The van der Waals surface area contributed by atoms with Crippen LogP contribution in [0, 0.1) is 0 Å². The molecule has 9 heteroatoms. The lowest BCUT2D eigenvalue weighted by atomic mass is 10.3. The van der Waals surface area contributed by atoms with Gasteiger partial charge in [0, 0.05) is 25.8 Å². The van der Waals surface area contributed by atoms with E-state index in [0.29, 0.717) is 6.42 Å². The van der Waals surface area contributed by atoms with Gasteiger partial charge in [0.15, 0.2) is 14.9 Å². The van der Waals surface area contributed by atoms with Crippen LogP contribution in [0.1, 0.15) is 12.0 Å². The number of sulfonamides is 1. The molecular weight excluding hydrogens is 302 g/mol. The van der Waals surface area contributed by atoms with Crippen LogP contribution in [0.4, 0.5) is 0 Å². The van der Waals surface area contributed by atoms with E-state index in [-0.39, 0.29) is 23.1 Å². The quantitative estimate of drug-likeness (QED) is 0.789. The molecule has 1 atom stereocenters. The van der Waals surface area contributed by atoms with Gasteiger partial charge in [-0.1, -0.05) is 6.07 Å². The SMILES string of the molecule is CN(C1CCS(=O)(=O)C1)S(=O)(=O)c1ccc(CN)cn1. The van der Waals surface area contributed by atoms with E-state index in [1.807, 2.05) is 0 Å². The number of pyridine rings is 1. The molecule has 0 spiro atoms. The van der Waals surface area contributed by atoms with E-state index in [1.54, 1.807) is 6.07 Å². The fourth-order valence-corrected chi connectivity index (χ4v) is 5.25. The molecule has 0 bridgehead atoms. The van der Waals surface area contributed by atoms with Gasteiger partial charge in [0.2, 0.25) is 0 Å². The summed E-state index contributed by atoms with van der Waals surface area (Å²) in [7, 11) is -5.53. The Kier molecular flexibility index (Phi) is 4.14. The van der Waals surface area contributed by atoms with Crippen LogP contribution in [-0.2, 0) is 26.4 Å². The minimum absolute atomic E-state index is 0.0249. The molecule has 0 aliphatic carbocycles. The molecule has 2 N–H and O–H groups in total. The molecule has 0 amide bonds. The predicted molar refractivity (Wildman–Crippen MR) is 74.1 cm³/mol. The Bertz CT molecular complexity index is 683. The van der Waals surface area contributed by atoms with Crippen molar-refractivity contribution in [3.05, 3.63) is 23.9 Å². The molecule has 1 aromatic rings. The van der Waals surface area contributed by atoms with Gasteiger partial charge in [-0.2, -0.15) is 4.31 Å². The summed E-state index contributed by atoms with van der Waals surface area (Å²) in [5.74, 6) is -0.110. The molecule has 20 heavy (non-hydrogen) atoms. The fraction of sp³-hybridized carbons (Fsp3) is 0.545. The Morgan fingerprint density at radius 1 is 1.45 bits per heavy atom. The van der Waals surface area contributed by atoms with Crippen LogP contribution < -0.4 is 5.73 Å². The topological polar surface area (TPSA) is 110 Å². The van der Waals surface area contributed by atoms with Gasteiger partial charge in [0.05, 0.1) is 11.5 Å². The average Bonchev–Trinajstić information content (AvgIpc) is 2.78. The Labute approximate surface area is 118 Å². The maximum Gasteiger partial charge on any atom is 0.260 e. The minimum atomic E-state index is -3.78. The third-order valence-corrected chi connectivity index (χ3v) is 6.98. The first-order chi connectivity index (χ1) is 9.26. The molecule has 2 heterocycles. The Balaban J connectivity index is 2.25. The number of hydrogen-bond donors (Lipinski definition) is 1. The van der Waals surface area contributed by atoms with Crippen LogP contribution in [0.5, 0.6) is 0 Å². The highest BCUT2D eigenvalue weighted by molar-refractivity contribution is 7.92. The van der Waals surface area contributed by atoms with Crippen LogP contribution in [0.15, 0.2) is 23.4 Å². The van der Waals surface area contributed by atoms with Crippen molar-refractivity contribution < 1.29 is 16.8 Å². The molecule has 1 aliphatic heterocycles. The summed E-state index contributed by atoms with van der Waals surface area (Å²) in [6.07, 6.45) is 1.73. The highest BCUT2D eigenvalue weighted by Crippen LogP contribution is 2.22. The summed E-state index contributed by atoms with van der Waals surface area (Å²) in [4.78, 5) is 3.89.